The van der Waals surface area contributed by atoms with E-state index in [-0.39, 0.29) is 5.56 Å². The second-order valence-electron chi connectivity index (χ2n) is 3.68. The molecule has 0 heterocycles. The number of hydrogen-bond donors (Lipinski definition) is 1. The van der Waals surface area contributed by atoms with Gasteiger partial charge in [0.2, 0.25) is 0 Å². The summed E-state index contributed by atoms with van der Waals surface area (Å²) in [7, 11) is 0. The molecule has 17 heavy (non-hydrogen) atoms. The molecular formula is C11H10F4O2. The van der Waals surface area contributed by atoms with Gasteiger partial charge >= 0.3 is 5.97 Å². The number of carbonyl (C=O) groups is 1. The third kappa shape index (κ3) is 3.18. The van der Waals surface area contributed by atoms with Gasteiger partial charge in [-0.05, 0) is 18.6 Å². The molecule has 0 saturated carbocycles. The van der Waals surface area contributed by atoms with E-state index in [2.05, 4.69) is 0 Å². The minimum Gasteiger partial charge on any atom is -0.481 e. The number of halogens is 4. The van der Waals surface area contributed by atoms with Crippen LogP contribution in [0.2, 0.25) is 0 Å². The maximum atomic E-state index is 13.5. The van der Waals surface area contributed by atoms with Crippen molar-refractivity contribution in [3.8, 4) is 0 Å². The van der Waals surface area contributed by atoms with E-state index in [0.29, 0.717) is 12.1 Å². The number of benzene rings is 1. The van der Waals surface area contributed by atoms with Gasteiger partial charge in [0.15, 0.2) is 0 Å². The van der Waals surface area contributed by atoms with E-state index < -0.39 is 41.9 Å². The molecule has 1 aromatic carbocycles. The molecule has 1 N–H and O–H groups in total. The van der Waals surface area contributed by atoms with Crippen molar-refractivity contribution in [1.82, 2.24) is 0 Å². The number of hydrogen-bond acceptors (Lipinski definition) is 1. The normalized spacial score (nSPS) is 11.6. The summed E-state index contributed by atoms with van der Waals surface area (Å²) < 4.78 is 53.0. The topological polar surface area (TPSA) is 37.3 Å². The maximum Gasteiger partial charge on any atom is 0.303 e. The van der Waals surface area contributed by atoms with Crippen LogP contribution in [0.3, 0.4) is 0 Å². The van der Waals surface area contributed by atoms with Crippen LogP contribution in [0.25, 0.3) is 0 Å². The summed E-state index contributed by atoms with van der Waals surface area (Å²) in [6.45, 7) is 1.23. The molecule has 0 aliphatic carbocycles. The zero-order valence-corrected chi connectivity index (χ0v) is 8.94. The number of carboxylic acid groups (broad SMARTS) is 1. The molecule has 0 unspecified atom stereocenters. The van der Waals surface area contributed by atoms with Crippen molar-refractivity contribution in [2.45, 2.75) is 25.7 Å². The Balaban J connectivity index is 3.05. The Morgan fingerprint density at radius 2 is 1.88 bits per heavy atom. The molecule has 2 nitrogen and oxygen atoms in total. The van der Waals surface area contributed by atoms with Crippen LogP contribution in [0.1, 0.15) is 24.0 Å². The lowest BCUT2D eigenvalue weighted by Gasteiger charge is -2.17. The molecule has 0 saturated heterocycles. The first-order valence-electron chi connectivity index (χ1n) is 4.80. The molecule has 0 atom stereocenters. The van der Waals surface area contributed by atoms with Crippen molar-refractivity contribution >= 4 is 5.97 Å². The number of aryl methyl sites for hydroxylation is 1. The molecular weight excluding hydrogens is 240 g/mol. The SMILES string of the molecule is Cc1cc(C(F)(F)CCC(=O)O)c(F)cc1F. The average Bonchev–Trinajstić information content (AvgIpc) is 2.20. The standard InChI is InChI=1S/C11H10F4O2/c1-6-4-7(9(13)5-8(6)12)11(14,15)3-2-10(16)17/h4-5H,2-3H2,1H3,(H,16,17). The van der Waals surface area contributed by atoms with Gasteiger partial charge in [-0.1, -0.05) is 0 Å². The fourth-order valence-corrected chi connectivity index (χ4v) is 1.34. The minimum absolute atomic E-state index is 0.114. The molecule has 94 valence electrons. The smallest absolute Gasteiger partial charge is 0.303 e. The van der Waals surface area contributed by atoms with Gasteiger partial charge in [-0.15, -0.1) is 0 Å². The van der Waals surface area contributed by atoms with E-state index in [0.717, 1.165) is 0 Å². The highest BCUT2D eigenvalue weighted by Crippen LogP contribution is 2.35. The summed E-state index contributed by atoms with van der Waals surface area (Å²) in [5, 5.41) is 8.30. The number of rotatable bonds is 4. The highest BCUT2D eigenvalue weighted by Gasteiger charge is 2.35. The van der Waals surface area contributed by atoms with Crippen LogP contribution in [0.5, 0.6) is 0 Å². The number of aliphatic carboxylic acids is 1. The van der Waals surface area contributed by atoms with Gasteiger partial charge in [0.05, 0.1) is 12.0 Å². The number of alkyl halides is 2. The molecule has 6 heteroatoms. The second-order valence-corrected chi connectivity index (χ2v) is 3.68. The van der Waals surface area contributed by atoms with Gasteiger partial charge in [-0.25, -0.2) is 17.6 Å². The Labute approximate surface area is 94.9 Å². The molecule has 1 aromatic rings. The monoisotopic (exact) mass is 250 g/mol. The number of carboxylic acids is 1. The van der Waals surface area contributed by atoms with Crippen LogP contribution in [0, 0.1) is 18.6 Å². The summed E-state index contributed by atoms with van der Waals surface area (Å²) >= 11 is 0. The van der Waals surface area contributed by atoms with E-state index >= 15 is 0 Å². The second kappa shape index (κ2) is 4.73. The molecule has 0 spiro atoms. The van der Waals surface area contributed by atoms with Crippen LogP contribution >= 0.6 is 0 Å². The van der Waals surface area contributed by atoms with E-state index in [9.17, 15) is 22.4 Å². The third-order valence-electron chi connectivity index (χ3n) is 2.30. The van der Waals surface area contributed by atoms with Crippen LogP contribution in [0.4, 0.5) is 17.6 Å². The quantitative estimate of drug-likeness (QED) is 0.833. The van der Waals surface area contributed by atoms with Crippen LogP contribution < -0.4 is 0 Å². The van der Waals surface area contributed by atoms with Gasteiger partial charge < -0.3 is 5.11 Å². The highest BCUT2D eigenvalue weighted by atomic mass is 19.3. The van der Waals surface area contributed by atoms with E-state index in [4.69, 9.17) is 5.11 Å². The molecule has 1 rings (SSSR count). The molecule has 0 amide bonds. The summed E-state index contributed by atoms with van der Waals surface area (Å²) in [5.74, 6) is -7.31. The Morgan fingerprint density at radius 3 is 2.41 bits per heavy atom. The Bertz CT molecular complexity index is 443. The molecule has 0 aromatic heterocycles. The average molecular weight is 250 g/mol. The maximum absolute atomic E-state index is 13.5. The predicted molar refractivity (Wildman–Crippen MR) is 51.9 cm³/mol. The van der Waals surface area contributed by atoms with Gasteiger partial charge in [-0.3, -0.25) is 4.79 Å². The zero-order chi connectivity index (χ0) is 13.2. The van der Waals surface area contributed by atoms with Crippen LogP contribution in [-0.2, 0) is 10.7 Å². The molecule has 0 aliphatic rings. The summed E-state index contributed by atoms with van der Waals surface area (Å²) in [4.78, 5) is 10.2. The Hall–Kier alpha value is -1.59. The Kier molecular flexibility index (Phi) is 3.75. The molecule has 0 radical (unpaired) electrons. The summed E-state index contributed by atoms with van der Waals surface area (Å²) in [5.41, 5.74) is -1.09. The summed E-state index contributed by atoms with van der Waals surface area (Å²) in [6, 6.07) is 1.08. The van der Waals surface area contributed by atoms with Crippen molar-refractivity contribution < 1.29 is 27.5 Å². The van der Waals surface area contributed by atoms with Gasteiger partial charge in [-0.2, -0.15) is 0 Å². The van der Waals surface area contributed by atoms with Gasteiger partial charge in [0, 0.05) is 12.5 Å². The largest absolute Gasteiger partial charge is 0.481 e. The van der Waals surface area contributed by atoms with Crippen molar-refractivity contribution in [1.29, 1.82) is 0 Å². The fraction of sp³-hybridized carbons (Fsp3) is 0.364. The van der Waals surface area contributed by atoms with Gasteiger partial charge in [0.1, 0.15) is 11.6 Å². The Morgan fingerprint density at radius 1 is 1.29 bits per heavy atom. The van der Waals surface area contributed by atoms with Crippen molar-refractivity contribution in [2.75, 3.05) is 0 Å². The van der Waals surface area contributed by atoms with Crippen molar-refractivity contribution in [3.63, 3.8) is 0 Å². The van der Waals surface area contributed by atoms with E-state index in [1.807, 2.05) is 0 Å². The summed E-state index contributed by atoms with van der Waals surface area (Å²) in [6.07, 6.45) is -1.81. The van der Waals surface area contributed by atoms with E-state index in [1.165, 1.54) is 6.92 Å². The predicted octanol–water partition coefficient (Wildman–Crippen LogP) is 3.23. The van der Waals surface area contributed by atoms with E-state index in [1.54, 1.807) is 0 Å². The molecule has 0 aliphatic heterocycles. The first-order valence-corrected chi connectivity index (χ1v) is 4.80. The lowest BCUT2D eigenvalue weighted by atomic mass is 10.0. The van der Waals surface area contributed by atoms with Gasteiger partial charge in [0.25, 0.3) is 5.92 Å². The van der Waals surface area contributed by atoms with Crippen LogP contribution in [-0.4, -0.2) is 11.1 Å². The molecule has 0 bridgehead atoms. The van der Waals surface area contributed by atoms with Crippen molar-refractivity contribution in [3.05, 3.63) is 34.9 Å². The van der Waals surface area contributed by atoms with Crippen LogP contribution in [0.15, 0.2) is 12.1 Å². The zero-order valence-electron chi connectivity index (χ0n) is 8.94. The lowest BCUT2D eigenvalue weighted by Crippen LogP contribution is -2.18. The lowest BCUT2D eigenvalue weighted by molar-refractivity contribution is -0.139. The van der Waals surface area contributed by atoms with Crippen molar-refractivity contribution in [2.24, 2.45) is 0 Å². The first kappa shape index (κ1) is 13.5. The fourth-order valence-electron chi connectivity index (χ4n) is 1.34. The minimum atomic E-state index is -3.62. The molecule has 0 fully saturated rings. The highest BCUT2D eigenvalue weighted by molar-refractivity contribution is 5.66. The third-order valence-corrected chi connectivity index (χ3v) is 2.30. The first-order chi connectivity index (χ1) is 7.74.